The van der Waals surface area contributed by atoms with Crippen molar-refractivity contribution in [1.82, 2.24) is 0 Å². The van der Waals surface area contributed by atoms with Gasteiger partial charge in [0.05, 0.1) is 30.4 Å². The van der Waals surface area contributed by atoms with Gasteiger partial charge in [-0.2, -0.15) is 13.2 Å². The standard InChI is InChI=1S/C11H12F4N2O4/c1-21-10-5-8(7(12)4-9(10)17(19)20)16(2-3-18)6-11(13,14)15/h4-5,18H,2-3,6H2,1H3. The van der Waals surface area contributed by atoms with Crippen molar-refractivity contribution < 1.29 is 32.3 Å². The normalized spacial score (nSPS) is 11.3. The molecule has 0 bridgehead atoms. The van der Waals surface area contributed by atoms with Crippen LogP contribution in [0.4, 0.5) is 28.9 Å². The summed E-state index contributed by atoms with van der Waals surface area (Å²) in [6.07, 6.45) is -4.63. The van der Waals surface area contributed by atoms with Gasteiger partial charge < -0.3 is 14.7 Å². The topological polar surface area (TPSA) is 75.8 Å². The highest BCUT2D eigenvalue weighted by molar-refractivity contribution is 5.60. The minimum Gasteiger partial charge on any atom is -0.490 e. The molecule has 6 nitrogen and oxygen atoms in total. The number of hydrogen-bond acceptors (Lipinski definition) is 5. The van der Waals surface area contributed by atoms with Gasteiger partial charge in [0.15, 0.2) is 11.6 Å². The Hall–Kier alpha value is -2.10. The van der Waals surface area contributed by atoms with Crippen molar-refractivity contribution in [3.8, 4) is 5.75 Å². The van der Waals surface area contributed by atoms with Crippen LogP contribution in [0.25, 0.3) is 0 Å². The van der Waals surface area contributed by atoms with Crippen LogP contribution < -0.4 is 9.64 Å². The molecule has 1 rings (SSSR count). The summed E-state index contributed by atoms with van der Waals surface area (Å²) < 4.78 is 55.9. The minimum atomic E-state index is -4.63. The van der Waals surface area contributed by atoms with Crippen molar-refractivity contribution in [2.24, 2.45) is 0 Å². The van der Waals surface area contributed by atoms with Crippen molar-refractivity contribution >= 4 is 11.4 Å². The second-order valence-electron chi connectivity index (χ2n) is 3.99. The van der Waals surface area contributed by atoms with E-state index in [-0.39, 0.29) is 5.75 Å². The second kappa shape index (κ2) is 6.57. The lowest BCUT2D eigenvalue weighted by molar-refractivity contribution is -0.385. The maximum atomic E-state index is 13.8. The number of nitrogens with zero attached hydrogens (tertiary/aromatic N) is 2. The van der Waals surface area contributed by atoms with Gasteiger partial charge in [-0.1, -0.05) is 0 Å². The molecule has 1 aromatic rings. The first kappa shape index (κ1) is 17.0. The number of aliphatic hydroxyl groups is 1. The maximum absolute atomic E-state index is 13.8. The molecule has 0 aromatic heterocycles. The Morgan fingerprint density at radius 1 is 1.43 bits per heavy atom. The van der Waals surface area contributed by atoms with Gasteiger partial charge in [0.2, 0.25) is 0 Å². The van der Waals surface area contributed by atoms with Crippen molar-refractivity contribution in [2.45, 2.75) is 6.18 Å². The van der Waals surface area contributed by atoms with E-state index in [1.54, 1.807) is 0 Å². The summed E-state index contributed by atoms with van der Waals surface area (Å²) >= 11 is 0. The van der Waals surface area contributed by atoms with Crippen LogP contribution in [0.15, 0.2) is 12.1 Å². The van der Waals surface area contributed by atoms with Crippen molar-refractivity contribution in [1.29, 1.82) is 0 Å². The Morgan fingerprint density at radius 2 is 2.05 bits per heavy atom. The van der Waals surface area contributed by atoms with Crippen LogP contribution >= 0.6 is 0 Å². The van der Waals surface area contributed by atoms with E-state index in [4.69, 9.17) is 5.11 Å². The van der Waals surface area contributed by atoms with Gasteiger partial charge in [-0.25, -0.2) is 4.39 Å². The van der Waals surface area contributed by atoms with E-state index in [9.17, 15) is 27.7 Å². The number of nitro benzene ring substituents is 1. The number of nitro groups is 1. The zero-order chi connectivity index (χ0) is 16.2. The van der Waals surface area contributed by atoms with Gasteiger partial charge in [0.25, 0.3) is 0 Å². The SMILES string of the molecule is COc1cc(N(CCO)CC(F)(F)F)c(F)cc1[N+](=O)[O-]. The van der Waals surface area contributed by atoms with Gasteiger partial charge in [-0.3, -0.25) is 10.1 Å². The molecule has 0 saturated carbocycles. The molecule has 0 spiro atoms. The van der Waals surface area contributed by atoms with E-state index in [0.29, 0.717) is 11.0 Å². The Balaban J connectivity index is 3.28. The lowest BCUT2D eigenvalue weighted by Crippen LogP contribution is -2.36. The van der Waals surface area contributed by atoms with Crippen LogP contribution in [-0.4, -0.2) is 43.0 Å². The third-order valence-corrected chi connectivity index (χ3v) is 2.53. The first-order valence-electron chi connectivity index (χ1n) is 5.64. The quantitative estimate of drug-likeness (QED) is 0.494. The molecule has 0 unspecified atom stereocenters. The molecule has 0 aliphatic heterocycles. The minimum absolute atomic E-state index is 0.374. The van der Waals surface area contributed by atoms with E-state index in [0.717, 1.165) is 13.2 Å². The third-order valence-electron chi connectivity index (χ3n) is 2.53. The molecule has 0 aliphatic rings. The van der Waals surface area contributed by atoms with Crippen LogP contribution in [0.1, 0.15) is 0 Å². The Morgan fingerprint density at radius 3 is 2.48 bits per heavy atom. The fraction of sp³-hybridized carbons (Fsp3) is 0.455. The van der Waals surface area contributed by atoms with Crippen molar-refractivity contribution in [2.75, 3.05) is 31.7 Å². The number of hydrogen-bond donors (Lipinski definition) is 1. The van der Waals surface area contributed by atoms with E-state index >= 15 is 0 Å². The summed E-state index contributed by atoms with van der Waals surface area (Å²) in [5.41, 5.74) is -1.24. The number of ether oxygens (including phenoxy) is 1. The first-order chi connectivity index (χ1) is 9.69. The average Bonchev–Trinajstić information content (AvgIpc) is 2.36. The molecule has 0 heterocycles. The number of halogens is 4. The fourth-order valence-corrected chi connectivity index (χ4v) is 1.70. The largest absolute Gasteiger partial charge is 0.490 e. The maximum Gasteiger partial charge on any atom is 0.405 e. The van der Waals surface area contributed by atoms with Crippen LogP contribution in [0.5, 0.6) is 5.75 Å². The lowest BCUT2D eigenvalue weighted by Gasteiger charge is -2.25. The monoisotopic (exact) mass is 312 g/mol. The first-order valence-corrected chi connectivity index (χ1v) is 5.64. The number of alkyl halides is 3. The molecule has 0 aliphatic carbocycles. The van der Waals surface area contributed by atoms with Gasteiger partial charge in [-0.15, -0.1) is 0 Å². The van der Waals surface area contributed by atoms with Gasteiger partial charge in [-0.05, 0) is 0 Å². The summed E-state index contributed by atoms with van der Waals surface area (Å²) in [5.74, 6) is -1.58. The van der Waals surface area contributed by atoms with Crippen LogP contribution in [0.2, 0.25) is 0 Å². The molecule has 0 atom stereocenters. The zero-order valence-electron chi connectivity index (χ0n) is 10.9. The van der Waals surface area contributed by atoms with E-state index in [2.05, 4.69) is 4.74 Å². The van der Waals surface area contributed by atoms with Crippen molar-refractivity contribution in [3.05, 3.63) is 28.1 Å². The molecule has 1 aromatic carbocycles. The molecule has 10 heteroatoms. The van der Waals surface area contributed by atoms with Crippen LogP contribution in [-0.2, 0) is 0 Å². The second-order valence-corrected chi connectivity index (χ2v) is 3.99. The number of methoxy groups -OCH3 is 1. The smallest absolute Gasteiger partial charge is 0.405 e. The molecule has 0 fully saturated rings. The predicted octanol–water partition coefficient (Wildman–Crippen LogP) is 2.10. The van der Waals surface area contributed by atoms with E-state index in [1.165, 1.54) is 0 Å². The molecule has 118 valence electrons. The number of rotatable bonds is 6. The highest BCUT2D eigenvalue weighted by Crippen LogP contribution is 2.35. The summed E-state index contributed by atoms with van der Waals surface area (Å²) in [6, 6.07) is 1.28. The molecule has 0 amide bonds. The highest BCUT2D eigenvalue weighted by Gasteiger charge is 2.32. The molecular weight excluding hydrogens is 300 g/mol. The summed E-state index contributed by atoms with van der Waals surface area (Å²) in [7, 11) is 1.07. The lowest BCUT2D eigenvalue weighted by atomic mass is 10.2. The Kier molecular flexibility index (Phi) is 5.30. The molecule has 0 radical (unpaired) electrons. The molecule has 0 saturated heterocycles. The van der Waals surface area contributed by atoms with Crippen molar-refractivity contribution in [3.63, 3.8) is 0 Å². The number of anilines is 1. The molecular formula is C11H12F4N2O4. The van der Waals surface area contributed by atoms with Crippen LogP contribution in [0, 0.1) is 15.9 Å². The van der Waals surface area contributed by atoms with Gasteiger partial charge >= 0.3 is 11.9 Å². The van der Waals surface area contributed by atoms with Crippen LogP contribution in [0.3, 0.4) is 0 Å². The van der Waals surface area contributed by atoms with Gasteiger partial charge in [0, 0.05) is 12.6 Å². The van der Waals surface area contributed by atoms with E-state index < -0.39 is 48.0 Å². The summed E-state index contributed by atoms with van der Waals surface area (Å²) in [4.78, 5) is 10.3. The molecule has 21 heavy (non-hydrogen) atoms. The fourth-order valence-electron chi connectivity index (χ4n) is 1.70. The predicted molar refractivity (Wildman–Crippen MR) is 65.0 cm³/mol. The van der Waals surface area contributed by atoms with Gasteiger partial charge in [0.1, 0.15) is 6.54 Å². The zero-order valence-corrected chi connectivity index (χ0v) is 10.9. The summed E-state index contributed by atoms with van der Waals surface area (Å²) in [5, 5.41) is 19.5. The Bertz CT molecular complexity index is 522. The third kappa shape index (κ3) is 4.45. The number of benzene rings is 1. The Labute approximate surface area is 116 Å². The average molecular weight is 312 g/mol. The summed E-state index contributed by atoms with van der Waals surface area (Å²) in [6.45, 7) is -2.64. The van der Waals surface area contributed by atoms with E-state index in [1.807, 2.05) is 0 Å². The molecule has 1 N–H and O–H groups in total. The highest BCUT2D eigenvalue weighted by atomic mass is 19.4. The number of aliphatic hydroxyl groups excluding tert-OH is 1.